The molecule has 5 rings (SSSR count). The van der Waals surface area contributed by atoms with Crippen molar-refractivity contribution in [2.75, 3.05) is 0 Å². The van der Waals surface area contributed by atoms with E-state index in [0.29, 0.717) is 11.8 Å². The van der Waals surface area contributed by atoms with E-state index in [-0.39, 0.29) is 5.41 Å². The second-order valence-corrected chi connectivity index (χ2v) is 11.0. The first-order valence-electron chi connectivity index (χ1n) is 13.8. The quantitative estimate of drug-likeness (QED) is 0.235. The zero-order valence-corrected chi connectivity index (χ0v) is 22.9. The van der Waals surface area contributed by atoms with Crippen molar-refractivity contribution >= 4 is 11.1 Å². The highest BCUT2D eigenvalue weighted by molar-refractivity contribution is 6.03. The van der Waals surface area contributed by atoms with Crippen LogP contribution in [0.5, 0.6) is 0 Å². The highest BCUT2D eigenvalue weighted by atomic mass is 14.5. The summed E-state index contributed by atoms with van der Waals surface area (Å²) in [4.78, 5) is 0. The fraction of sp³-hybridized carbons (Fsp3) is 0.211. The van der Waals surface area contributed by atoms with Crippen LogP contribution in [0.1, 0.15) is 61.9 Å². The molecule has 0 fully saturated rings. The van der Waals surface area contributed by atoms with Crippen LogP contribution >= 0.6 is 0 Å². The van der Waals surface area contributed by atoms with Gasteiger partial charge in [-0.2, -0.15) is 0 Å². The van der Waals surface area contributed by atoms with Crippen molar-refractivity contribution in [1.29, 1.82) is 0 Å². The monoisotopic (exact) mass is 492 g/mol. The highest BCUT2D eigenvalue weighted by Crippen LogP contribution is 2.57. The Labute approximate surface area is 228 Å². The molecule has 4 aromatic rings. The van der Waals surface area contributed by atoms with Gasteiger partial charge in [-0.05, 0) is 63.8 Å². The minimum atomic E-state index is -0.302. The third-order valence-electron chi connectivity index (χ3n) is 7.27. The van der Waals surface area contributed by atoms with Crippen LogP contribution in [0.4, 0.5) is 0 Å². The molecule has 1 unspecified atom stereocenters. The predicted molar refractivity (Wildman–Crippen MR) is 163 cm³/mol. The number of allylic oxidation sites excluding steroid dienone is 4. The molecule has 0 nitrogen and oxygen atoms in total. The van der Waals surface area contributed by atoms with Crippen molar-refractivity contribution in [3.05, 3.63) is 155 Å². The minimum absolute atomic E-state index is 0.302. The van der Waals surface area contributed by atoms with Gasteiger partial charge >= 0.3 is 0 Å². The standard InChI is InChI=1S/C38H36/c1-28(2)26-35(31-18-10-6-11-19-31)37-34(25-24-30-16-8-5-9-17-30)33-22-14-15-23-36(33)38(37,27-29(3)4)32-20-12-7-13-21-32/h5-23,26,28-29H,27H2,1-4H3/b35-26+. The lowest BCUT2D eigenvalue weighted by Crippen LogP contribution is -2.31. The van der Waals surface area contributed by atoms with Gasteiger partial charge in [0.2, 0.25) is 0 Å². The van der Waals surface area contributed by atoms with Gasteiger partial charge in [-0.1, -0.05) is 149 Å². The average Bonchev–Trinajstić information content (AvgIpc) is 3.21. The van der Waals surface area contributed by atoms with Gasteiger partial charge in [0.05, 0.1) is 0 Å². The van der Waals surface area contributed by atoms with E-state index in [9.17, 15) is 0 Å². The molecule has 0 saturated carbocycles. The molecule has 0 bridgehead atoms. The van der Waals surface area contributed by atoms with E-state index in [1.54, 1.807) is 0 Å². The zero-order chi connectivity index (χ0) is 26.5. The van der Waals surface area contributed by atoms with Gasteiger partial charge in [-0.25, -0.2) is 0 Å². The van der Waals surface area contributed by atoms with E-state index in [2.05, 4.69) is 155 Å². The number of hydrogen-bond acceptors (Lipinski definition) is 0. The molecule has 0 amide bonds. The second kappa shape index (κ2) is 11.1. The van der Waals surface area contributed by atoms with Gasteiger partial charge in [0, 0.05) is 16.6 Å². The maximum atomic E-state index is 3.71. The van der Waals surface area contributed by atoms with E-state index in [0.717, 1.165) is 17.6 Å². The van der Waals surface area contributed by atoms with Crippen molar-refractivity contribution in [3.63, 3.8) is 0 Å². The van der Waals surface area contributed by atoms with Gasteiger partial charge in [0.25, 0.3) is 0 Å². The molecule has 0 saturated heterocycles. The second-order valence-electron chi connectivity index (χ2n) is 11.0. The topological polar surface area (TPSA) is 0 Å². The normalized spacial score (nSPS) is 16.9. The number of rotatable bonds is 6. The zero-order valence-electron chi connectivity index (χ0n) is 22.9. The Bertz CT molecular complexity index is 1510. The molecule has 38 heavy (non-hydrogen) atoms. The molecular formula is C38H36. The van der Waals surface area contributed by atoms with E-state index in [1.165, 1.54) is 33.4 Å². The predicted octanol–water partition coefficient (Wildman–Crippen LogP) is 9.58. The molecule has 0 spiro atoms. The van der Waals surface area contributed by atoms with Crippen molar-refractivity contribution in [2.45, 2.75) is 39.5 Å². The third kappa shape index (κ3) is 4.90. The SMILES string of the molecule is CC(C)/C=C(/C1=C(C#Cc2ccccc2)c2ccccc2C1(CC(C)C)c1ccccc1)c1ccccc1. The molecule has 0 N–H and O–H groups in total. The largest absolute Gasteiger partial charge is 0.0737 e. The summed E-state index contributed by atoms with van der Waals surface area (Å²) in [6.45, 7) is 9.22. The number of benzene rings is 4. The fourth-order valence-electron chi connectivity index (χ4n) is 5.95. The van der Waals surface area contributed by atoms with Gasteiger partial charge in [0.1, 0.15) is 0 Å². The lowest BCUT2D eigenvalue weighted by atomic mass is 9.64. The highest BCUT2D eigenvalue weighted by Gasteiger charge is 2.47. The van der Waals surface area contributed by atoms with E-state index in [1.807, 2.05) is 6.07 Å². The van der Waals surface area contributed by atoms with Gasteiger partial charge in [0.15, 0.2) is 0 Å². The van der Waals surface area contributed by atoms with Gasteiger partial charge < -0.3 is 0 Å². The Balaban J connectivity index is 1.93. The van der Waals surface area contributed by atoms with Crippen LogP contribution in [0.25, 0.3) is 11.1 Å². The summed E-state index contributed by atoms with van der Waals surface area (Å²) in [5, 5.41) is 0. The summed E-state index contributed by atoms with van der Waals surface area (Å²) >= 11 is 0. The van der Waals surface area contributed by atoms with Crippen molar-refractivity contribution in [1.82, 2.24) is 0 Å². The van der Waals surface area contributed by atoms with E-state index >= 15 is 0 Å². The van der Waals surface area contributed by atoms with E-state index < -0.39 is 0 Å². The summed E-state index contributed by atoms with van der Waals surface area (Å²) in [6, 6.07) is 41.3. The lowest BCUT2D eigenvalue weighted by Gasteiger charge is -2.38. The first kappa shape index (κ1) is 25.6. The van der Waals surface area contributed by atoms with Crippen LogP contribution in [0.3, 0.4) is 0 Å². The summed E-state index contributed by atoms with van der Waals surface area (Å²) in [6.07, 6.45) is 3.45. The van der Waals surface area contributed by atoms with Crippen LogP contribution in [0.15, 0.2) is 127 Å². The van der Waals surface area contributed by atoms with Crippen LogP contribution in [0, 0.1) is 23.7 Å². The van der Waals surface area contributed by atoms with Crippen molar-refractivity contribution in [3.8, 4) is 11.8 Å². The molecule has 188 valence electrons. The molecule has 1 aliphatic carbocycles. The van der Waals surface area contributed by atoms with Crippen LogP contribution in [0.2, 0.25) is 0 Å². The van der Waals surface area contributed by atoms with Gasteiger partial charge in [-0.3, -0.25) is 0 Å². The van der Waals surface area contributed by atoms with Crippen LogP contribution in [-0.2, 0) is 5.41 Å². The summed E-state index contributed by atoms with van der Waals surface area (Å²) in [5.74, 6) is 8.11. The molecule has 0 heterocycles. The molecule has 0 aliphatic heterocycles. The smallest absolute Gasteiger partial charge is 0.0478 e. The average molecular weight is 493 g/mol. The molecule has 0 radical (unpaired) electrons. The molecule has 1 aliphatic rings. The minimum Gasteiger partial charge on any atom is -0.0737 e. The van der Waals surface area contributed by atoms with E-state index in [4.69, 9.17) is 0 Å². The lowest BCUT2D eigenvalue weighted by molar-refractivity contribution is 0.460. The Morgan fingerprint density at radius 3 is 1.89 bits per heavy atom. The van der Waals surface area contributed by atoms with Crippen LogP contribution < -0.4 is 0 Å². The first-order valence-corrected chi connectivity index (χ1v) is 13.8. The Morgan fingerprint density at radius 2 is 1.26 bits per heavy atom. The number of hydrogen-bond donors (Lipinski definition) is 0. The Hall–Kier alpha value is -4.08. The maximum Gasteiger partial charge on any atom is 0.0478 e. The van der Waals surface area contributed by atoms with Crippen molar-refractivity contribution < 1.29 is 0 Å². The summed E-state index contributed by atoms with van der Waals surface area (Å²) < 4.78 is 0. The molecule has 4 aromatic carbocycles. The first-order chi connectivity index (χ1) is 18.5. The van der Waals surface area contributed by atoms with Crippen molar-refractivity contribution in [2.24, 2.45) is 11.8 Å². The summed E-state index contributed by atoms with van der Waals surface area (Å²) in [7, 11) is 0. The molecule has 1 atom stereocenters. The molecule has 0 aromatic heterocycles. The molecule has 0 heteroatoms. The fourth-order valence-corrected chi connectivity index (χ4v) is 5.95. The molecular weight excluding hydrogens is 456 g/mol. The van der Waals surface area contributed by atoms with Gasteiger partial charge in [-0.15, -0.1) is 0 Å². The third-order valence-corrected chi connectivity index (χ3v) is 7.27. The summed E-state index contributed by atoms with van der Waals surface area (Å²) in [5.41, 5.74) is 9.69. The number of fused-ring (bicyclic) bond motifs is 1. The van der Waals surface area contributed by atoms with Crippen LogP contribution in [-0.4, -0.2) is 0 Å². The Kier molecular flexibility index (Phi) is 7.48. The Morgan fingerprint density at radius 1 is 0.684 bits per heavy atom. The maximum absolute atomic E-state index is 3.71.